The van der Waals surface area contributed by atoms with E-state index in [1.807, 2.05) is 17.0 Å². The lowest BCUT2D eigenvalue weighted by Gasteiger charge is -2.26. The van der Waals surface area contributed by atoms with Gasteiger partial charge < -0.3 is 10.0 Å². The molecule has 2 aliphatic heterocycles. The van der Waals surface area contributed by atoms with E-state index < -0.39 is 11.4 Å². The Morgan fingerprint density at radius 2 is 1.84 bits per heavy atom. The lowest BCUT2D eigenvalue weighted by Crippen LogP contribution is -2.33. The summed E-state index contributed by atoms with van der Waals surface area (Å²) in [6.07, 6.45) is 3.64. The first kappa shape index (κ1) is 11.0. The number of amides is 1. The Morgan fingerprint density at radius 3 is 2.47 bits per heavy atom. The maximum atomic E-state index is 11.9. The molecule has 2 heterocycles. The van der Waals surface area contributed by atoms with Crippen LogP contribution >= 0.6 is 0 Å². The van der Waals surface area contributed by atoms with Crippen LogP contribution in [0, 0.1) is 0 Å². The van der Waals surface area contributed by atoms with Crippen molar-refractivity contribution in [1.82, 2.24) is 0 Å². The number of anilines is 1. The predicted molar refractivity (Wildman–Crippen MR) is 69.4 cm³/mol. The number of aliphatic carboxylic acids is 1. The average molecular weight is 257 g/mol. The van der Waals surface area contributed by atoms with E-state index in [0.29, 0.717) is 6.42 Å². The first-order valence-electron chi connectivity index (χ1n) is 6.82. The Morgan fingerprint density at radius 1 is 1.16 bits per heavy atom. The highest BCUT2D eigenvalue weighted by Crippen LogP contribution is 2.51. The summed E-state index contributed by atoms with van der Waals surface area (Å²) >= 11 is 0. The number of nitrogens with zero attached hydrogens (tertiary/aromatic N) is 1. The lowest BCUT2D eigenvalue weighted by molar-refractivity contribution is -0.140. The van der Waals surface area contributed by atoms with E-state index in [9.17, 15) is 14.7 Å². The molecular formula is C15H15NO3. The molecule has 0 bridgehead atoms. The summed E-state index contributed by atoms with van der Waals surface area (Å²) < 4.78 is 0. The summed E-state index contributed by atoms with van der Waals surface area (Å²) in [6.45, 7) is 0.755. The van der Waals surface area contributed by atoms with Crippen LogP contribution < -0.4 is 4.90 Å². The first-order chi connectivity index (χ1) is 9.12. The summed E-state index contributed by atoms with van der Waals surface area (Å²) in [6, 6.07) is 4.06. The van der Waals surface area contributed by atoms with E-state index in [1.54, 1.807) is 0 Å². The molecule has 3 aliphatic rings. The number of carbonyl (C=O) groups excluding carboxylic acids is 1. The van der Waals surface area contributed by atoms with Gasteiger partial charge in [-0.1, -0.05) is 12.1 Å². The van der Waals surface area contributed by atoms with E-state index >= 15 is 0 Å². The molecule has 1 aromatic rings. The number of carbonyl (C=O) groups is 2. The molecule has 1 aromatic carbocycles. The number of hydrogen-bond acceptors (Lipinski definition) is 2. The fourth-order valence-corrected chi connectivity index (χ4v) is 3.49. The van der Waals surface area contributed by atoms with Gasteiger partial charge in [0.05, 0.1) is 11.1 Å². The summed E-state index contributed by atoms with van der Waals surface area (Å²) in [5.74, 6) is -0.500. The molecule has 1 amide bonds. The Balaban J connectivity index is 1.87. The molecular weight excluding hydrogens is 242 g/mol. The van der Waals surface area contributed by atoms with Gasteiger partial charge in [0.25, 0.3) is 0 Å². The van der Waals surface area contributed by atoms with Gasteiger partial charge in [0.2, 0.25) is 5.91 Å². The highest BCUT2D eigenvalue weighted by molar-refractivity contribution is 5.99. The second-order valence-electron chi connectivity index (χ2n) is 5.83. The lowest BCUT2D eigenvalue weighted by atomic mass is 9.89. The van der Waals surface area contributed by atoms with Crippen molar-refractivity contribution in [2.45, 2.75) is 37.5 Å². The molecule has 0 saturated heterocycles. The van der Waals surface area contributed by atoms with E-state index in [0.717, 1.165) is 54.6 Å². The fraction of sp³-hybridized carbons (Fsp3) is 0.467. The minimum absolute atomic E-state index is 0.207. The van der Waals surface area contributed by atoms with Crippen molar-refractivity contribution in [3.05, 3.63) is 28.8 Å². The van der Waals surface area contributed by atoms with E-state index in [-0.39, 0.29) is 5.91 Å². The molecule has 1 saturated carbocycles. The van der Waals surface area contributed by atoms with Gasteiger partial charge in [0.15, 0.2) is 0 Å². The maximum Gasteiger partial charge on any atom is 0.314 e. The quantitative estimate of drug-likeness (QED) is 0.876. The summed E-state index contributed by atoms with van der Waals surface area (Å²) in [4.78, 5) is 25.2. The van der Waals surface area contributed by atoms with Gasteiger partial charge in [-0.3, -0.25) is 9.59 Å². The molecule has 4 nitrogen and oxygen atoms in total. The van der Waals surface area contributed by atoms with Gasteiger partial charge in [-0.2, -0.15) is 0 Å². The Bertz CT molecular complexity index is 616. The maximum absolute atomic E-state index is 11.9. The molecule has 0 aromatic heterocycles. The number of hydrogen-bond donors (Lipinski definition) is 1. The zero-order valence-corrected chi connectivity index (χ0v) is 10.6. The highest BCUT2D eigenvalue weighted by atomic mass is 16.4. The zero-order chi connectivity index (χ0) is 13.2. The smallest absolute Gasteiger partial charge is 0.314 e. The monoisotopic (exact) mass is 257 g/mol. The van der Waals surface area contributed by atoms with Crippen molar-refractivity contribution in [1.29, 1.82) is 0 Å². The number of carboxylic acid groups (broad SMARTS) is 1. The molecule has 1 fully saturated rings. The number of rotatable bonds is 2. The van der Waals surface area contributed by atoms with Crippen LogP contribution in [0.25, 0.3) is 0 Å². The third-order valence-corrected chi connectivity index (χ3v) is 4.76. The molecule has 1 N–H and O–H groups in total. The molecule has 98 valence electrons. The van der Waals surface area contributed by atoms with E-state index in [2.05, 4.69) is 0 Å². The molecule has 1 aliphatic carbocycles. The second kappa shape index (κ2) is 3.38. The average Bonchev–Trinajstić information content (AvgIpc) is 3.10. The molecule has 0 spiro atoms. The minimum Gasteiger partial charge on any atom is -0.481 e. The number of carboxylic acids is 1. The van der Waals surface area contributed by atoms with Crippen LogP contribution in [0.3, 0.4) is 0 Å². The first-order valence-corrected chi connectivity index (χ1v) is 6.82. The SMILES string of the molecule is O=C1CCc2cc(C3(C(=O)O)CC3)cc3c2N1CC3. The van der Waals surface area contributed by atoms with Crippen LogP contribution in [-0.4, -0.2) is 23.5 Å². The summed E-state index contributed by atoms with van der Waals surface area (Å²) in [7, 11) is 0. The molecule has 19 heavy (non-hydrogen) atoms. The largest absolute Gasteiger partial charge is 0.481 e. The topological polar surface area (TPSA) is 57.6 Å². The summed E-state index contributed by atoms with van der Waals surface area (Å²) in [5.41, 5.74) is 3.71. The highest BCUT2D eigenvalue weighted by Gasteiger charge is 2.52. The fourth-order valence-electron chi connectivity index (χ4n) is 3.49. The van der Waals surface area contributed by atoms with Crippen LogP contribution in [0.4, 0.5) is 5.69 Å². The van der Waals surface area contributed by atoms with Crippen LogP contribution in [-0.2, 0) is 27.8 Å². The Labute approximate surface area is 111 Å². The van der Waals surface area contributed by atoms with Gasteiger partial charge in [0.1, 0.15) is 0 Å². The minimum atomic E-state index is -0.707. The third-order valence-electron chi connectivity index (χ3n) is 4.76. The van der Waals surface area contributed by atoms with Gasteiger partial charge >= 0.3 is 5.97 Å². The second-order valence-corrected chi connectivity index (χ2v) is 5.83. The van der Waals surface area contributed by atoms with Crippen LogP contribution in [0.5, 0.6) is 0 Å². The molecule has 0 radical (unpaired) electrons. The van der Waals surface area contributed by atoms with Gasteiger partial charge in [-0.25, -0.2) is 0 Å². The Kier molecular flexibility index (Phi) is 1.96. The van der Waals surface area contributed by atoms with E-state index in [1.165, 1.54) is 0 Å². The van der Waals surface area contributed by atoms with Crippen LogP contribution in [0.1, 0.15) is 36.0 Å². The third kappa shape index (κ3) is 1.34. The van der Waals surface area contributed by atoms with Crippen molar-refractivity contribution in [3.8, 4) is 0 Å². The van der Waals surface area contributed by atoms with Gasteiger partial charge in [0, 0.05) is 13.0 Å². The predicted octanol–water partition coefficient (Wildman–Crippen LogP) is 1.64. The van der Waals surface area contributed by atoms with Gasteiger partial charge in [-0.15, -0.1) is 0 Å². The zero-order valence-electron chi connectivity index (χ0n) is 10.6. The molecule has 4 rings (SSSR count). The van der Waals surface area contributed by atoms with Crippen molar-refractivity contribution in [2.75, 3.05) is 11.4 Å². The number of aryl methyl sites for hydroxylation is 1. The van der Waals surface area contributed by atoms with Crippen LogP contribution in [0.2, 0.25) is 0 Å². The van der Waals surface area contributed by atoms with Crippen molar-refractivity contribution < 1.29 is 14.7 Å². The van der Waals surface area contributed by atoms with Crippen LogP contribution in [0.15, 0.2) is 12.1 Å². The van der Waals surface area contributed by atoms with Crippen molar-refractivity contribution in [2.24, 2.45) is 0 Å². The summed E-state index contributed by atoms with van der Waals surface area (Å²) in [5, 5.41) is 9.41. The normalized spacial score (nSPS) is 22.3. The Hall–Kier alpha value is -1.84. The molecule has 4 heteroatoms. The number of benzene rings is 1. The van der Waals surface area contributed by atoms with Crippen molar-refractivity contribution in [3.63, 3.8) is 0 Å². The molecule has 0 unspecified atom stereocenters. The van der Waals surface area contributed by atoms with E-state index in [4.69, 9.17) is 0 Å². The van der Waals surface area contributed by atoms with Crippen molar-refractivity contribution >= 4 is 17.6 Å². The van der Waals surface area contributed by atoms with Gasteiger partial charge in [-0.05, 0) is 42.4 Å². The standard InChI is InChI=1S/C15H15NO3/c17-12-2-1-9-7-11(15(4-5-15)14(18)19)8-10-3-6-16(12)13(9)10/h7-8H,1-6H2,(H,18,19). The molecule has 0 atom stereocenters.